The van der Waals surface area contributed by atoms with Crippen LogP contribution in [0, 0.1) is 6.92 Å². The Hall–Kier alpha value is -2.49. The van der Waals surface area contributed by atoms with Crippen LogP contribution in [0.1, 0.15) is 86.5 Å². The summed E-state index contributed by atoms with van der Waals surface area (Å²) in [4.78, 5) is 14.8. The summed E-state index contributed by atoms with van der Waals surface area (Å²) in [7, 11) is 0. The lowest BCUT2D eigenvalue weighted by atomic mass is 9.86. The third-order valence-corrected chi connectivity index (χ3v) is 7.28. The van der Waals surface area contributed by atoms with Crippen LogP contribution < -0.4 is 0 Å². The Morgan fingerprint density at radius 3 is 2.69 bits per heavy atom. The normalized spacial score (nSPS) is 23.5. The maximum Gasteiger partial charge on any atom is 0.115 e. The van der Waals surface area contributed by atoms with Crippen molar-refractivity contribution in [3.8, 4) is 22.6 Å². The van der Waals surface area contributed by atoms with Gasteiger partial charge < -0.3 is 4.57 Å². The molecule has 2 saturated carbocycles. The van der Waals surface area contributed by atoms with E-state index in [0.717, 1.165) is 17.1 Å². The number of hydrogen-bond acceptors (Lipinski definition) is 3. The van der Waals surface area contributed by atoms with Crippen LogP contribution in [0.15, 0.2) is 36.5 Å². The maximum absolute atomic E-state index is 5.18. The molecule has 2 fully saturated rings. The molecule has 0 saturated heterocycles. The highest BCUT2D eigenvalue weighted by molar-refractivity contribution is 5.78. The zero-order chi connectivity index (χ0) is 19.4. The Kier molecular flexibility index (Phi) is 4.07. The standard InChI is InChI=1S/C25H28N4/c1-16-6-5-9-21(27-16)23-24(29-20-11-10-19(14-20)25(29)28-23)18-12-13-26-22(15-18)17-7-3-2-4-8-17/h5-6,9,12-13,15,17,19-20H,2-4,7-8,10-11,14H2,1H3. The summed E-state index contributed by atoms with van der Waals surface area (Å²) >= 11 is 0. The predicted octanol–water partition coefficient (Wildman–Crippen LogP) is 6.19. The molecule has 4 heteroatoms. The topological polar surface area (TPSA) is 43.6 Å². The van der Waals surface area contributed by atoms with Crippen molar-refractivity contribution in [3.05, 3.63) is 53.7 Å². The number of aryl methyl sites for hydroxylation is 1. The number of pyridine rings is 2. The summed E-state index contributed by atoms with van der Waals surface area (Å²) in [5, 5.41) is 0. The molecule has 3 aromatic heterocycles. The molecule has 1 aliphatic heterocycles. The molecule has 4 nitrogen and oxygen atoms in total. The average molecular weight is 385 g/mol. The van der Waals surface area contributed by atoms with Crippen molar-refractivity contribution in [2.45, 2.75) is 76.2 Å². The van der Waals surface area contributed by atoms with Gasteiger partial charge >= 0.3 is 0 Å². The fourth-order valence-electron chi connectivity index (χ4n) is 5.88. The lowest BCUT2D eigenvalue weighted by Gasteiger charge is -2.22. The monoisotopic (exact) mass is 384 g/mol. The number of nitrogens with zero attached hydrogens (tertiary/aromatic N) is 4. The molecule has 0 radical (unpaired) electrons. The van der Waals surface area contributed by atoms with E-state index < -0.39 is 0 Å². The van der Waals surface area contributed by atoms with Gasteiger partial charge in [0.05, 0.1) is 11.4 Å². The maximum atomic E-state index is 5.18. The van der Waals surface area contributed by atoms with Crippen LogP contribution in [0.2, 0.25) is 0 Å². The van der Waals surface area contributed by atoms with E-state index in [-0.39, 0.29) is 0 Å². The minimum atomic E-state index is 0.599. The second-order valence-corrected chi connectivity index (χ2v) is 9.17. The summed E-state index contributed by atoms with van der Waals surface area (Å²) in [6, 6.07) is 11.4. The SMILES string of the molecule is Cc1cccc(-c2nc3n(c2-c2ccnc(C4CCCCC4)c2)C2CCC3C2)n1. The van der Waals surface area contributed by atoms with Gasteiger partial charge in [-0.1, -0.05) is 25.3 Å². The van der Waals surface area contributed by atoms with Gasteiger partial charge in [0.15, 0.2) is 0 Å². The number of aromatic nitrogens is 4. The van der Waals surface area contributed by atoms with Crippen LogP contribution >= 0.6 is 0 Å². The molecule has 0 amide bonds. The van der Waals surface area contributed by atoms with Gasteiger partial charge in [0.2, 0.25) is 0 Å². The van der Waals surface area contributed by atoms with Crippen molar-refractivity contribution in [1.29, 1.82) is 0 Å². The van der Waals surface area contributed by atoms with Gasteiger partial charge in [-0.25, -0.2) is 4.98 Å². The quantitative estimate of drug-likeness (QED) is 0.541. The molecule has 0 spiro atoms. The molecule has 2 bridgehead atoms. The fraction of sp³-hybridized carbons (Fsp3) is 0.480. The highest BCUT2D eigenvalue weighted by atomic mass is 15.2. The molecule has 2 unspecified atom stereocenters. The van der Waals surface area contributed by atoms with Crippen LogP contribution in [-0.4, -0.2) is 19.5 Å². The predicted molar refractivity (Wildman–Crippen MR) is 115 cm³/mol. The van der Waals surface area contributed by atoms with Crippen molar-refractivity contribution in [1.82, 2.24) is 19.5 Å². The Morgan fingerprint density at radius 1 is 0.931 bits per heavy atom. The Bertz CT molecular complexity index is 1060. The fourth-order valence-corrected chi connectivity index (χ4v) is 5.88. The number of rotatable bonds is 3. The first-order valence-electron chi connectivity index (χ1n) is 11.3. The Balaban J connectivity index is 1.51. The summed E-state index contributed by atoms with van der Waals surface area (Å²) in [6.45, 7) is 2.06. The molecule has 2 atom stereocenters. The van der Waals surface area contributed by atoms with Crippen molar-refractivity contribution in [2.75, 3.05) is 0 Å². The van der Waals surface area contributed by atoms with Gasteiger partial charge in [-0.3, -0.25) is 9.97 Å². The Morgan fingerprint density at radius 2 is 1.83 bits per heavy atom. The van der Waals surface area contributed by atoms with Crippen molar-refractivity contribution < 1.29 is 0 Å². The summed E-state index contributed by atoms with van der Waals surface area (Å²) in [6.07, 6.45) is 12.4. The van der Waals surface area contributed by atoms with Gasteiger partial charge in [-0.15, -0.1) is 0 Å². The van der Waals surface area contributed by atoms with Gasteiger partial charge in [0, 0.05) is 41.0 Å². The zero-order valence-electron chi connectivity index (χ0n) is 17.1. The molecule has 0 N–H and O–H groups in total. The van der Waals surface area contributed by atoms with Crippen LogP contribution in [0.3, 0.4) is 0 Å². The van der Waals surface area contributed by atoms with Crippen LogP contribution in [-0.2, 0) is 0 Å². The van der Waals surface area contributed by atoms with Gasteiger partial charge in [0.25, 0.3) is 0 Å². The molecule has 3 aromatic rings. The summed E-state index contributed by atoms with van der Waals surface area (Å²) < 4.78 is 2.55. The second kappa shape index (κ2) is 6.79. The molecule has 29 heavy (non-hydrogen) atoms. The van der Waals surface area contributed by atoms with Gasteiger partial charge in [-0.2, -0.15) is 0 Å². The van der Waals surface area contributed by atoms with E-state index in [4.69, 9.17) is 15.0 Å². The van der Waals surface area contributed by atoms with E-state index in [1.165, 1.54) is 74.1 Å². The van der Waals surface area contributed by atoms with E-state index >= 15 is 0 Å². The van der Waals surface area contributed by atoms with E-state index in [1.54, 1.807) is 0 Å². The highest BCUT2D eigenvalue weighted by Gasteiger charge is 2.41. The lowest BCUT2D eigenvalue weighted by Crippen LogP contribution is -2.09. The van der Waals surface area contributed by atoms with Crippen molar-refractivity contribution in [2.24, 2.45) is 0 Å². The molecule has 3 aliphatic rings. The number of hydrogen-bond donors (Lipinski definition) is 0. The molecular formula is C25H28N4. The van der Waals surface area contributed by atoms with Crippen LogP contribution in [0.5, 0.6) is 0 Å². The lowest BCUT2D eigenvalue weighted by molar-refractivity contribution is 0.437. The van der Waals surface area contributed by atoms with Gasteiger partial charge in [0.1, 0.15) is 11.5 Å². The van der Waals surface area contributed by atoms with E-state index in [2.05, 4.69) is 41.8 Å². The van der Waals surface area contributed by atoms with E-state index in [1.807, 2.05) is 6.20 Å². The second-order valence-electron chi connectivity index (χ2n) is 9.17. The van der Waals surface area contributed by atoms with Crippen molar-refractivity contribution in [3.63, 3.8) is 0 Å². The van der Waals surface area contributed by atoms with Gasteiger partial charge in [-0.05, 0) is 63.3 Å². The smallest absolute Gasteiger partial charge is 0.115 e. The summed E-state index contributed by atoms with van der Waals surface area (Å²) in [5.41, 5.74) is 6.90. The van der Waals surface area contributed by atoms with Crippen LogP contribution in [0.4, 0.5) is 0 Å². The minimum absolute atomic E-state index is 0.599. The average Bonchev–Trinajstić information content (AvgIpc) is 3.47. The van der Waals surface area contributed by atoms with E-state index in [0.29, 0.717) is 17.9 Å². The van der Waals surface area contributed by atoms with E-state index in [9.17, 15) is 0 Å². The minimum Gasteiger partial charge on any atom is -0.324 e. The first-order chi connectivity index (χ1) is 14.3. The summed E-state index contributed by atoms with van der Waals surface area (Å²) in [5.74, 6) is 2.52. The third-order valence-electron chi connectivity index (χ3n) is 7.28. The largest absolute Gasteiger partial charge is 0.324 e. The van der Waals surface area contributed by atoms with Crippen molar-refractivity contribution >= 4 is 0 Å². The highest BCUT2D eigenvalue weighted by Crippen LogP contribution is 2.52. The Labute approximate surface area is 172 Å². The van der Waals surface area contributed by atoms with Crippen LogP contribution in [0.25, 0.3) is 22.6 Å². The first kappa shape index (κ1) is 17.4. The third kappa shape index (κ3) is 2.84. The molecule has 0 aromatic carbocycles. The number of fused-ring (bicyclic) bond motifs is 5. The first-order valence-corrected chi connectivity index (χ1v) is 11.3. The zero-order valence-corrected chi connectivity index (χ0v) is 17.1. The molecule has 148 valence electrons. The molecule has 6 rings (SSSR count). The molecule has 4 heterocycles. The molecular weight excluding hydrogens is 356 g/mol. The number of imidazole rings is 1. The molecule has 2 aliphatic carbocycles.